The van der Waals surface area contributed by atoms with Gasteiger partial charge in [-0.1, -0.05) is 6.07 Å². The van der Waals surface area contributed by atoms with E-state index in [1.807, 2.05) is 0 Å². The van der Waals surface area contributed by atoms with Gasteiger partial charge in [0.25, 0.3) is 5.91 Å². The van der Waals surface area contributed by atoms with Gasteiger partial charge in [-0.25, -0.2) is 8.78 Å². The van der Waals surface area contributed by atoms with Gasteiger partial charge in [0.2, 0.25) is 0 Å². The molecule has 2 atom stereocenters. The second-order valence-electron chi connectivity index (χ2n) is 5.45. The van der Waals surface area contributed by atoms with E-state index < -0.39 is 23.8 Å². The summed E-state index contributed by atoms with van der Waals surface area (Å²) >= 11 is 0. The summed E-state index contributed by atoms with van der Waals surface area (Å²) in [6.45, 7) is 1.87. The van der Waals surface area contributed by atoms with Crippen molar-refractivity contribution in [2.45, 2.75) is 25.5 Å². The average molecular weight is 307 g/mol. The second-order valence-corrected chi connectivity index (χ2v) is 5.45. The Morgan fingerprint density at radius 2 is 2.18 bits per heavy atom. The Hall–Kier alpha value is -2.28. The van der Waals surface area contributed by atoms with E-state index in [1.165, 1.54) is 17.2 Å². The number of likely N-dealkylation sites (tertiary alicyclic amines) is 1. The Bertz CT molecular complexity index is 717. The molecule has 0 aliphatic carbocycles. The van der Waals surface area contributed by atoms with E-state index in [1.54, 1.807) is 6.92 Å². The number of aromatic nitrogens is 2. The number of aryl methyl sites for hydroxylation is 1. The molecule has 7 heteroatoms. The van der Waals surface area contributed by atoms with Crippen LogP contribution >= 0.6 is 0 Å². The molecule has 1 aromatic carbocycles. The Kier molecular flexibility index (Phi) is 3.66. The molecule has 3 rings (SSSR count). The minimum atomic E-state index is -0.967. The predicted octanol–water partition coefficient (Wildman–Crippen LogP) is 1.94. The molecule has 5 nitrogen and oxygen atoms in total. The second kappa shape index (κ2) is 5.49. The maximum Gasteiger partial charge on any atom is 0.257 e. The van der Waals surface area contributed by atoms with E-state index in [0.29, 0.717) is 16.8 Å². The Morgan fingerprint density at radius 1 is 1.41 bits per heavy atom. The van der Waals surface area contributed by atoms with Gasteiger partial charge in [-0.3, -0.25) is 9.89 Å². The molecule has 0 saturated carbocycles. The van der Waals surface area contributed by atoms with Crippen LogP contribution in [-0.4, -0.2) is 38.8 Å². The van der Waals surface area contributed by atoms with E-state index in [-0.39, 0.29) is 18.9 Å². The van der Waals surface area contributed by atoms with Crippen molar-refractivity contribution in [1.82, 2.24) is 15.1 Å². The molecule has 2 heterocycles. The maximum absolute atomic E-state index is 13.4. The number of hydrogen-bond acceptors (Lipinski definition) is 3. The Labute approximate surface area is 125 Å². The first-order valence-electron chi connectivity index (χ1n) is 6.91. The van der Waals surface area contributed by atoms with Gasteiger partial charge in [0.1, 0.15) is 0 Å². The smallest absolute Gasteiger partial charge is 0.257 e. The van der Waals surface area contributed by atoms with Crippen molar-refractivity contribution in [2.24, 2.45) is 0 Å². The molecule has 1 amide bonds. The number of nitrogens with zero attached hydrogens (tertiary/aromatic N) is 2. The lowest BCUT2D eigenvalue weighted by molar-refractivity contribution is 0.0715. The summed E-state index contributed by atoms with van der Waals surface area (Å²) in [4.78, 5) is 14.1. The number of benzene rings is 1. The van der Waals surface area contributed by atoms with E-state index in [9.17, 15) is 18.7 Å². The van der Waals surface area contributed by atoms with Gasteiger partial charge >= 0.3 is 0 Å². The number of β-amino-alcohol motifs (C(OH)–C–C–N with tert-alkyl or cyclic N) is 1. The number of hydrogen-bond donors (Lipinski definition) is 2. The predicted molar refractivity (Wildman–Crippen MR) is 74.1 cm³/mol. The van der Waals surface area contributed by atoms with Crippen LogP contribution in [0, 0.1) is 18.6 Å². The van der Waals surface area contributed by atoms with Crippen molar-refractivity contribution < 1.29 is 18.7 Å². The molecular weight excluding hydrogens is 292 g/mol. The van der Waals surface area contributed by atoms with Gasteiger partial charge in [0, 0.05) is 12.2 Å². The molecule has 2 N–H and O–H groups in total. The van der Waals surface area contributed by atoms with Crippen LogP contribution in [0.25, 0.3) is 0 Å². The third-order valence-electron chi connectivity index (χ3n) is 3.93. The number of halogens is 2. The zero-order valence-corrected chi connectivity index (χ0v) is 11.9. The highest BCUT2D eigenvalue weighted by Crippen LogP contribution is 2.34. The molecule has 1 saturated heterocycles. The number of amides is 1. The normalized spacial score (nSPS) is 21.4. The van der Waals surface area contributed by atoms with E-state index >= 15 is 0 Å². The monoisotopic (exact) mass is 307 g/mol. The summed E-state index contributed by atoms with van der Waals surface area (Å²) in [6.07, 6.45) is 1.01. The summed E-state index contributed by atoms with van der Waals surface area (Å²) in [5, 5.41) is 16.4. The summed E-state index contributed by atoms with van der Waals surface area (Å²) in [6, 6.07) is 3.04. The molecule has 0 bridgehead atoms. The number of aliphatic hydroxyl groups is 1. The fraction of sp³-hybridized carbons (Fsp3) is 0.333. The largest absolute Gasteiger partial charge is 0.391 e. The molecule has 22 heavy (non-hydrogen) atoms. The zero-order chi connectivity index (χ0) is 15.9. The van der Waals surface area contributed by atoms with Crippen LogP contribution in [0.1, 0.15) is 34.1 Å². The SMILES string of the molecule is Cc1[nH]ncc1C(=O)N1C[C@H](O)C[C@H]1c1ccc(F)c(F)c1. The number of H-pyrrole nitrogens is 1. The molecule has 0 unspecified atom stereocenters. The third-order valence-corrected chi connectivity index (χ3v) is 3.93. The van der Waals surface area contributed by atoms with Crippen LogP contribution in [0.5, 0.6) is 0 Å². The van der Waals surface area contributed by atoms with Gasteiger partial charge in [0.05, 0.1) is 23.9 Å². The molecular formula is C15H15F2N3O2. The van der Waals surface area contributed by atoms with Gasteiger partial charge in [-0.2, -0.15) is 5.10 Å². The summed E-state index contributed by atoms with van der Waals surface area (Å²) < 4.78 is 26.5. The fourth-order valence-corrected chi connectivity index (χ4v) is 2.79. The van der Waals surface area contributed by atoms with Crippen LogP contribution in [-0.2, 0) is 0 Å². The summed E-state index contributed by atoms with van der Waals surface area (Å²) in [7, 11) is 0. The molecule has 1 aliphatic rings. The lowest BCUT2D eigenvalue weighted by Gasteiger charge is -2.24. The lowest BCUT2D eigenvalue weighted by atomic mass is 10.0. The number of carbonyl (C=O) groups excluding carboxylic acids is 1. The van der Waals surface area contributed by atoms with Crippen molar-refractivity contribution in [3.05, 3.63) is 52.9 Å². The first-order chi connectivity index (χ1) is 10.5. The zero-order valence-electron chi connectivity index (χ0n) is 11.9. The third kappa shape index (κ3) is 2.48. The van der Waals surface area contributed by atoms with Gasteiger partial charge in [-0.05, 0) is 31.0 Å². The Morgan fingerprint density at radius 3 is 2.82 bits per heavy atom. The van der Waals surface area contributed by atoms with Crippen LogP contribution in [0.15, 0.2) is 24.4 Å². The number of rotatable bonds is 2. The van der Waals surface area contributed by atoms with Crippen molar-refractivity contribution in [2.75, 3.05) is 6.54 Å². The lowest BCUT2D eigenvalue weighted by Crippen LogP contribution is -2.32. The molecule has 0 spiro atoms. The number of aliphatic hydroxyl groups excluding tert-OH is 1. The van der Waals surface area contributed by atoms with Crippen molar-refractivity contribution >= 4 is 5.91 Å². The first kappa shape index (κ1) is 14.6. The van der Waals surface area contributed by atoms with E-state index in [0.717, 1.165) is 12.1 Å². The number of carbonyl (C=O) groups is 1. The van der Waals surface area contributed by atoms with Crippen LogP contribution in [0.4, 0.5) is 8.78 Å². The van der Waals surface area contributed by atoms with Crippen LogP contribution < -0.4 is 0 Å². The average Bonchev–Trinajstić information content (AvgIpc) is 3.07. The van der Waals surface area contributed by atoms with Gasteiger partial charge in [-0.15, -0.1) is 0 Å². The molecule has 1 fully saturated rings. The number of aromatic amines is 1. The first-order valence-corrected chi connectivity index (χ1v) is 6.91. The van der Waals surface area contributed by atoms with Crippen LogP contribution in [0.2, 0.25) is 0 Å². The topological polar surface area (TPSA) is 69.2 Å². The Balaban J connectivity index is 1.94. The van der Waals surface area contributed by atoms with Gasteiger partial charge < -0.3 is 10.0 Å². The minimum Gasteiger partial charge on any atom is -0.391 e. The molecule has 1 aromatic heterocycles. The number of nitrogens with one attached hydrogen (secondary N) is 1. The summed E-state index contributed by atoms with van der Waals surface area (Å²) in [5.41, 5.74) is 1.49. The highest BCUT2D eigenvalue weighted by atomic mass is 19.2. The van der Waals surface area contributed by atoms with Crippen molar-refractivity contribution in [1.29, 1.82) is 0 Å². The molecule has 116 valence electrons. The quantitative estimate of drug-likeness (QED) is 0.891. The van der Waals surface area contributed by atoms with E-state index in [2.05, 4.69) is 10.2 Å². The van der Waals surface area contributed by atoms with Gasteiger partial charge in [0.15, 0.2) is 11.6 Å². The van der Waals surface area contributed by atoms with Crippen molar-refractivity contribution in [3.8, 4) is 0 Å². The standard InChI is InChI=1S/C15H15F2N3O2/c1-8-11(6-18-19-8)15(22)20-7-10(21)5-14(20)9-2-3-12(16)13(17)4-9/h2-4,6,10,14,21H,5,7H2,1H3,(H,18,19)/t10-,14+/m1/s1. The highest BCUT2D eigenvalue weighted by Gasteiger charge is 2.36. The maximum atomic E-state index is 13.4. The summed E-state index contributed by atoms with van der Waals surface area (Å²) in [5.74, 6) is -2.20. The highest BCUT2D eigenvalue weighted by molar-refractivity contribution is 5.95. The van der Waals surface area contributed by atoms with Crippen LogP contribution in [0.3, 0.4) is 0 Å². The molecule has 0 radical (unpaired) electrons. The minimum absolute atomic E-state index is 0.146. The van der Waals surface area contributed by atoms with E-state index in [4.69, 9.17) is 0 Å². The van der Waals surface area contributed by atoms with Crippen molar-refractivity contribution in [3.63, 3.8) is 0 Å². The fourth-order valence-electron chi connectivity index (χ4n) is 2.79. The molecule has 2 aromatic rings. The molecule has 1 aliphatic heterocycles.